The molecule has 1 fully saturated rings. The van der Waals surface area contributed by atoms with Gasteiger partial charge in [0.15, 0.2) is 0 Å². The van der Waals surface area contributed by atoms with E-state index in [0.29, 0.717) is 0 Å². The monoisotopic (exact) mass is 213 g/mol. The largest absolute Gasteiger partial charge is 0.342 e. The number of nitrogens with zero attached hydrogens (tertiary/aromatic N) is 2. The minimum absolute atomic E-state index is 0.344. The maximum Gasteiger partial charge on any atom is 0.235 e. The first-order valence-corrected chi connectivity index (χ1v) is 5.30. The number of rotatable bonds is 2. The Morgan fingerprint density at radius 3 is 3.00 bits per heavy atom. The van der Waals surface area contributed by atoms with E-state index in [1.165, 1.54) is 0 Å². The molecule has 16 heavy (non-hydrogen) atoms. The molecule has 4 heteroatoms. The van der Waals surface area contributed by atoms with Crippen LogP contribution in [0.25, 0.3) is 11.0 Å². The highest BCUT2D eigenvalue weighted by atomic mass is 16.1. The average molecular weight is 213 g/mol. The van der Waals surface area contributed by atoms with E-state index in [-0.39, 0.29) is 5.54 Å². The summed E-state index contributed by atoms with van der Waals surface area (Å²) in [6, 6.07) is 5.95. The molecule has 0 bridgehead atoms. The van der Waals surface area contributed by atoms with Gasteiger partial charge in [-0.05, 0) is 25.8 Å². The van der Waals surface area contributed by atoms with Crippen LogP contribution in [0.5, 0.6) is 0 Å². The quantitative estimate of drug-likeness (QED) is 0.614. The summed E-state index contributed by atoms with van der Waals surface area (Å²) in [6.07, 6.45) is 3.50. The van der Waals surface area contributed by atoms with Gasteiger partial charge < -0.3 is 4.98 Å². The minimum Gasteiger partial charge on any atom is -0.342 e. The molecular formula is C12H11N3O. The van der Waals surface area contributed by atoms with Gasteiger partial charge in [-0.3, -0.25) is 0 Å². The number of hydrogen-bond donors (Lipinski definition) is 1. The van der Waals surface area contributed by atoms with Gasteiger partial charge in [-0.25, -0.2) is 9.78 Å². The number of benzene rings is 1. The van der Waals surface area contributed by atoms with Crippen molar-refractivity contribution >= 4 is 17.1 Å². The predicted molar refractivity (Wildman–Crippen MR) is 59.9 cm³/mol. The molecule has 0 amide bonds. The number of para-hydroxylation sites is 1. The SMILES string of the molecule is Cc1nc2c(C3(N=C=O)CC3)cccc2[nH]1. The number of fused-ring (bicyclic) bond motifs is 1. The fourth-order valence-corrected chi connectivity index (χ4v) is 2.18. The third-order valence-corrected chi connectivity index (χ3v) is 3.12. The number of aryl methyl sites for hydroxylation is 1. The molecule has 1 N–H and O–H groups in total. The molecule has 1 aromatic heterocycles. The summed E-state index contributed by atoms with van der Waals surface area (Å²) in [5.74, 6) is 0.883. The van der Waals surface area contributed by atoms with Crippen molar-refractivity contribution in [3.63, 3.8) is 0 Å². The van der Waals surface area contributed by atoms with Gasteiger partial charge in [-0.15, -0.1) is 0 Å². The van der Waals surface area contributed by atoms with Gasteiger partial charge in [0, 0.05) is 5.56 Å². The molecule has 1 aliphatic carbocycles. The predicted octanol–water partition coefficient (Wildman–Crippen LogP) is 2.20. The Bertz CT molecular complexity index is 604. The molecule has 1 aromatic carbocycles. The number of isocyanates is 1. The molecule has 0 saturated heterocycles. The highest BCUT2D eigenvalue weighted by Crippen LogP contribution is 2.50. The Hall–Kier alpha value is -1.93. The van der Waals surface area contributed by atoms with Crippen LogP contribution in [0.1, 0.15) is 24.2 Å². The standard InChI is InChI=1S/C12H11N3O/c1-8-14-10-4-2-3-9(11(10)15-8)12(5-6-12)13-7-16/h2-4H,5-6H2,1H3,(H,14,15). The van der Waals surface area contributed by atoms with Crippen LogP contribution >= 0.6 is 0 Å². The van der Waals surface area contributed by atoms with Gasteiger partial charge in [0.1, 0.15) is 11.4 Å². The number of aromatic nitrogens is 2. The van der Waals surface area contributed by atoms with Gasteiger partial charge in [0.05, 0.1) is 11.0 Å². The van der Waals surface area contributed by atoms with Crippen molar-refractivity contribution in [2.45, 2.75) is 25.3 Å². The van der Waals surface area contributed by atoms with E-state index in [1.807, 2.05) is 25.1 Å². The van der Waals surface area contributed by atoms with Crippen LogP contribution in [-0.4, -0.2) is 16.0 Å². The Labute approximate surface area is 92.4 Å². The van der Waals surface area contributed by atoms with E-state index >= 15 is 0 Å². The first-order chi connectivity index (χ1) is 7.75. The fraction of sp³-hybridized carbons (Fsp3) is 0.333. The first kappa shape index (κ1) is 9.31. The molecule has 1 heterocycles. The summed E-state index contributed by atoms with van der Waals surface area (Å²) in [5.41, 5.74) is 2.62. The third kappa shape index (κ3) is 1.20. The van der Waals surface area contributed by atoms with Crippen LogP contribution in [0, 0.1) is 6.92 Å². The number of nitrogens with one attached hydrogen (secondary N) is 1. The van der Waals surface area contributed by atoms with Crippen LogP contribution in [0.15, 0.2) is 23.2 Å². The van der Waals surface area contributed by atoms with E-state index in [4.69, 9.17) is 0 Å². The number of H-pyrrole nitrogens is 1. The molecule has 3 rings (SSSR count). The van der Waals surface area contributed by atoms with Gasteiger partial charge in [0.2, 0.25) is 6.08 Å². The van der Waals surface area contributed by atoms with E-state index in [1.54, 1.807) is 6.08 Å². The van der Waals surface area contributed by atoms with Crippen LogP contribution in [0.4, 0.5) is 0 Å². The lowest BCUT2D eigenvalue weighted by Gasteiger charge is -2.07. The smallest absolute Gasteiger partial charge is 0.235 e. The summed E-state index contributed by atoms with van der Waals surface area (Å²) in [5, 5.41) is 0. The molecule has 0 unspecified atom stereocenters. The minimum atomic E-state index is -0.344. The number of aromatic amines is 1. The van der Waals surface area contributed by atoms with E-state index in [9.17, 15) is 4.79 Å². The maximum atomic E-state index is 10.5. The number of aliphatic imine (C=N–C) groups is 1. The van der Waals surface area contributed by atoms with Crippen molar-refractivity contribution < 1.29 is 4.79 Å². The lowest BCUT2D eigenvalue weighted by molar-refractivity contribution is 0.556. The van der Waals surface area contributed by atoms with Crippen molar-refractivity contribution in [1.82, 2.24) is 9.97 Å². The Balaban J connectivity index is 2.27. The Morgan fingerprint density at radius 1 is 1.50 bits per heavy atom. The molecule has 4 nitrogen and oxygen atoms in total. The summed E-state index contributed by atoms with van der Waals surface area (Å²) in [6.45, 7) is 1.92. The summed E-state index contributed by atoms with van der Waals surface area (Å²) < 4.78 is 0. The summed E-state index contributed by atoms with van der Waals surface area (Å²) in [4.78, 5) is 22.0. The Morgan fingerprint density at radius 2 is 2.31 bits per heavy atom. The summed E-state index contributed by atoms with van der Waals surface area (Å²) >= 11 is 0. The lowest BCUT2D eigenvalue weighted by atomic mass is 10.0. The van der Waals surface area contributed by atoms with Crippen LogP contribution in [-0.2, 0) is 10.3 Å². The molecular weight excluding hydrogens is 202 g/mol. The second kappa shape index (κ2) is 3.03. The first-order valence-electron chi connectivity index (χ1n) is 5.30. The van der Waals surface area contributed by atoms with Crippen molar-refractivity contribution in [1.29, 1.82) is 0 Å². The molecule has 1 saturated carbocycles. The third-order valence-electron chi connectivity index (χ3n) is 3.12. The lowest BCUT2D eigenvalue weighted by Crippen LogP contribution is -2.02. The van der Waals surface area contributed by atoms with Crippen molar-refractivity contribution in [2.24, 2.45) is 4.99 Å². The van der Waals surface area contributed by atoms with Crippen molar-refractivity contribution in [2.75, 3.05) is 0 Å². The van der Waals surface area contributed by atoms with E-state index in [2.05, 4.69) is 15.0 Å². The van der Waals surface area contributed by atoms with Crippen LogP contribution in [0.3, 0.4) is 0 Å². The van der Waals surface area contributed by atoms with E-state index < -0.39 is 0 Å². The zero-order valence-corrected chi connectivity index (χ0v) is 8.95. The van der Waals surface area contributed by atoms with Gasteiger partial charge in [-0.1, -0.05) is 12.1 Å². The molecule has 0 spiro atoms. The summed E-state index contributed by atoms with van der Waals surface area (Å²) in [7, 11) is 0. The number of hydrogen-bond acceptors (Lipinski definition) is 3. The molecule has 0 aliphatic heterocycles. The molecule has 0 atom stereocenters. The van der Waals surface area contributed by atoms with Gasteiger partial charge in [0.25, 0.3) is 0 Å². The average Bonchev–Trinajstić information content (AvgIpc) is 2.92. The van der Waals surface area contributed by atoms with Crippen LogP contribution in [0.2, 0.25) is 0 Å². The molecule has 80 valence electrons. The van der Waals surface area contributed by atoms with Crippen molar-refractivity contribution in [3.05, 3.63) is 29.6 Å². The zero-order valence-electron chi connectivity index (χ0n) is 8.95. The Kier molecular flexibility index (Phi) is 1.76. The highest BCUT2D eigenvalue weighted by Gasteiger charge is 2.46. The molecule has 1 aliphatic rings. The second-order valence-corrected chi connectivity index (χ2v) is 4.26. The van der Waals surface area contributed by atoms with Crippen LogP contribution < -0.4 is 0 Å². The fourth-order valence-electron chi connectivity index (χ4n) is 2.18. The van der Waals surface area contributed by atoms with Gasteiger partial charge >= 0.3 is 0 Å². The van der Waals surface area contributed by atoms with E-state index in [0.717, 1.165) is 35.3 Å². The highest BCUT2D eigenvalue weighted by molar-refractivity contribution is 5.80. The van der Waals surface area contributed by atoms with Gasteiger partial charge in [-0.2, -0.15) is 4.99 Å². The normalized spacial score (nSPS) is 17.1. The number of imidazole rings is 1. The molecule has 0 radical (unpaired) electrons. The second-order valence-electron chi connectivity index (χ2n) is 4.26. The number of carbonyl (C=O) groups excluding carboxylic acids is 1. The zero-order chi connectivity index (χ0) is 11.2. The topological polar surface area (TPSA) is 58.1 Å². The van der Waals surface area contributed by atoms with Crippen molar-refractivity contribution in [3.8, 4) is 0 Å². The maximum absolute atomic E-state index is 10.5. The molecule has 2 aromatic rings.